The minimum atomic E-state index is -1.62. The summed E-state index contributed by atoms with van der Waals surface area (Å²) in [7, 11) is 0. The van der Waals surface area contributed by atoms with Crippen LogP contribution in [-0.2, 0) is 4.79 Å². The SMILES string of the molecule is Cc1cc(C(=O)N2CCC[C@@](O)(C(N)=O)C2)c(C)o1. The number of carbonyl (C=O) groups is 2. The Morgan fingerprint density at radius 3 is 2.68 bits per heavy atom. The van der Waals surface area contributed by atoms with Gasteiger partial charge in [0.15, 0.2) is 5.60 Å². The molecule has 0 spiro atoms. The molecule has 0 unspecified atom stereocenters. The normalized spacial score (nSPS) is 23.4. The number of rotatable bonds is 2. The number of β-amino-alcohol motifs (C(OH)–C–C–N with tert-alkyl or cyclic N) is 1. The number of likely N-dealkylation sites (tertiary alicyclic amines) is 1. The summed E-state index contributed by atoms with van der Waals surface area (Å²) in [5, 5.41) is 10.1. The fourth-order valence-corrected chi connectivity index (χ4v) is 2.42. The maximum atomic E-state index is 12.3. The molecule has 2 rings (SSSR count). The molecule has 3 N–H and O–H groups in total. The van der Waals surface area contributed by atoms with E-state index in [4.69, 9.17) is 10.2 Å². The van der Waals surface area contributed by atoms with Crippen LogP contribution in [0.4, 0.5) is 0 Å². The van der Waals surface area contributed by atoms with Crippen molar-refractivity contribution < 1.29 is 19.1 Å². The Bertz CT molecular complexity index is 523. The van der Waals surface area contributed by atoms with Crippen molar-refractivity contribution in [1.29, 1.82) is 0 Å². The van der Waals surface area contributed by atoms with Gasteiger partial charge in [0.1, 0.15) is 11.5 Å². The zero-order chi connectivity index (χ0) is 14.2. The van der Waals surface area contributed by atoms with Gasteiger partial charge in [-0.05, 0) is 32.8 Å². The molecule has 0 aromatic carbocycles. The summed E-state index contributed by atoms with van der Waals surface area (Å²) >= 11 is 0. The lowest BCUT2D eigenvalue weighted by Crippen LogP contribution is -2.57. The summed E-state index contributed by atoms with van der Waals surface area (Å²) in [6, 6.07) is 1.66. The zero-order valence-electron chi connectivity index (χ0n) is 11.1. The topological polar surface area (TPSA) is 96.8 Å². The predicted molar refractivity (Wildman–Crippen MR) is 67.5 cm³/mol. The molecule has 6 nitrogen and oxygen atoms in total. The zero-order valence-corrected chi connectivity index (χ0v) is 11.1. The van der Waals surface area contributed by atoms with Crippen molar-refractivity contribution >= 4 is 11.8 Å². The minimum Gasteiger partial charge on any atom is -0.466 e. The van der Waals surface area contributed by atoms with Crippen LogP contribution in [-0.4, -0.2) is 40.5 Å². The van der Waals surface area contributed by atoms with E-state index in [2.05, 4.69) is 0 Å². The lowest BCUT2D eigenvalue weighted by atomic mass is 9.92. The number of furan rings is 1. The quantitative estimate of drug-likeness (QED) is 0.807. The molecule has 2 heterocycles. The van der Waals surface area contributed by atoms with Crippen LogP contribution in [0.25, 0.3) is 0 Å². The molecule has 19 heavy (non-hydrogen) atoms. The molecule has 0 bridgehead atoms. The predicted octanol–water partition coefficient (Wildman–Crippen LogP) is 0.349. The highest BCUT2D eigenvalue weighted by molar-refractivity contribution is 5.96. The van der Waals surface area contributed by atoms with Gasteiger partial charge < -0.3 is 20.2 Å². The second-order valence-corrected chi connectivity index (χ2v) is 5.05. The third-order valence-corrected chi connectivity index (χ3v) is 3.49. The Balaban J connectivity index is 2.20. The Kier molecular flexibility index (Phi) is 3.36. The van der Waals surface area contributed by atoms with E-state index in [9.17, 15) is 14.7 Å². The van der Waals surface area contributed by atoms with Gasteiger partial charge in [0.2, 0.25) is 0 Å². The van der Waals surface area contributed by atoms with E-state index in [0.717, 1.165) is 0 Å². The molecule has 1 aromatic rings. The van der Waals surface area contributed by atoms with Gasteiger partial charge in [0.25, 0.3) is 11.8 Å². The lowest BCUT2D eigenvalue weighted by molar-refractivity contribution is -0.140. The summed E-state index contributed by atoms with van der Waals surface area (Å²) in [4.78, 5) is 25.1. The molecule has 2 amide bonds. The second-order valence-electron chi connectivity index (χ2n) is 5.05. The third kappa shape index (κ3) is 2.49. The number of amides is 2. The number of aryl methyl sites for hydroxylation is 2. The van der Waals surface area contributed by atoms with Gasteiger partial charge in [-0.25, -0.2) is 0 Å². The Labute approximate surface area is 111 Å². The van der Waals surface area contributed by atoms with E-state index in [-0.39, 0.29) is 18.9 Å². The van der Waals surface area contributed by atoms with Gasteiger partial charge in [-0.2, -0.15) is 0 Å². The molecular formula is C13H18N2O4. The van der Waals surface area contributed by atoms with E-state index in [1.165, 1.54) is 4.90 Å². The molecule has 0 aliphatic carbocycles. The van der Waals surface area contributed by atoms with Crippen LogP contribution < -0.4 is 5.73 Å². The number of nitrogens with two attached hydrogens (primary N) is 1. The van der Waals surface area contributed by atoms with Crippen LogP contribution in [0, 0.1) is 13.8 Å². The molecule has 1 atom stereocenters. The second kappa shape index (κ2) is 4.70. The van der Waals surface area contributed by atoms with Crippen molar-refractivity contribution in [3.63, 3.8) is 0 Å². The third-order valence-electron chi connectivity index (χ3n) is 3.49. The van der Waals surface area contributed by atoms with E-state index < -0.39 is 11.5 Å². The Hall–Kier alpha value is -1.82. The van der Waals surface area contributed by atoms with E-state index in [1.807, 2.05) is 0 Å². The van der Waals surface area contributed by atoms with Gasteiger partial charge in [0.05, 0.1) is 12.1 Å². The average Bonchev–Trinajstić information content (AvgIpc) is 2.67. The number of nitrogens with zero attached hydrogens (tertiary/aromatic N) is 1. The van der Waals surface area contributed by atoms with Crippen LogP contribution in [0.3, 0.4) is 0 Å². The molecule has 1 fully saturated rings. The summed E-state index contributed by atoms with van der Waals surface area (Å²) in [6.45, 7) is 3.91. The van der Waals surface area contributed by atoms with E-state index in [0.29, 0.717) is 30.0 Å². The van der Waals surface area contributed by atoms with E-state index >= 15 is 0 Å². The highest BCUT2D eigenvalue weighted by Gasteiger charge is 2.40. The Morgan fingerprint density at radius 1 is 1.47 bits per heavy atom. The van der Waals surface area contributed by atoms with Crippen LogP contribution in [0.5, 0.6) is 0 Å². The van der Waals surface area contributed by atoms with Crippen molar-refractivity contribution in [2.24, 2.45) is 5.73 Å². The number of hydrogen-bond acceptors (Lipinski definition) is 4. The summed E-state index contributed by atoms with van der Waals surface area (Å²) in [5.41, 5.74) is 4.03. The van der Waals surface area contributed by atoms with Crippen molar-refractivity contribution in [3.05, 3.63) is 23.2 Å². The summed E-state index contributed by atoms with van der Waals surface area (Å²) in [5.74, 6) is 0.164. The maximum absolute atomic E-state index is 12.3. The number of carbonyl (C=O) groups excluding carboxylic acids is 2. The molecule has 6 heteroatoms. The number of primary amides is 1. The standard InChI is InChI=1S/C13H18N2O4/c1-8-6-10(9(2)19-8)11(16)15-5-3-4-13(18,7-15)12(14)17/h6,18H,3-5,7H2,1-2H3,(H2,14,17)/t13-/m0/s1. The lowest BCUT2D eigenvalue weighted by Gasteiger charge is -2.36. The molecule has 0 radical (unpaired) electrons. The number of piperidine rings is 1. The molecule has 1 aromatic heterocycles. The molecule has 1 aliphatic rings. The fourth-order valence-electron chi connectivity index (χ4n) is 2.42. The van der Waals surface area contributed by atoms with Gasteiger partial charge in [-0.1, -0.05) is 0 Å². The van der Waals surface area contributed by atoms with E-state index in [1.54, 1.807) is 19.9 Å². The fraction of sp³-hybridized carbons (Fsp3) is 0.538. The average molecular weight is 266 g/mol. The van der Waals surface area contributed by atoms with Crippen molar-refractivity contribution in [3.8, 4) is 0 Å². The van der Waals surface area contributed by atoms with Crippen LogP contribution in [0.1, 0.15) is 34.7 Å². The van der Waals surface area contributed by atoms with Crippen molar-refractivity contribution in [1.82, 2.24) is 4.90 Å². The molecule has 104 valence electrons. The number of hydrogen-bond donors (Lipinski definition) is 2. The van der Waals surface area contributed by atoms with Gasteiger partial charge in [-0.15, -0.1) is 0 Å². The van der Waals surface area contributed by atoms with Crippen molar-refractivity contribution in [2.75, 3.05) is 13.1 Å². The van der Waals surface area contributed by atoms with Gasteiger partial charge in [-0.3, -0.25) is 9.59 Å². The highest BCUT2D eigenvalue weighted by Crippen LogP contribution is 2.24. The van der Waals surface area contributed by atoms with Crippen LogP contribution in [0.2, 0.25) is 0 Å². The van der Waals surface area contributed by atoms with Crippen molar-refractivity contribution in [2.45, 2.75) is 32.3 Å². The molecule has 0 saturated carbocycles. The summed E-state index contributed by atoms with van der Waals surface area (Å²) in [6.07, 6.45) is 0.830. The molecule has 1 saturated heterocycles. The first-order chi connectivity index (χ1) is 8.83. The smallest absolute Gasteiger partial charge is 0.257 e. The van der Waals surface area contributed by atoms with Crippen LogP contribution in [0.15, 0.2) is 10.5 Å². The van der Waals surface area contributed by atoms with Gasteiger partial charge >= 0.3 is 0 Å². The largest absolute Gasteiger partial charge is 0.466 e. The molecule has 1 aliphatic heterocycles. The first kappa shape index (κ1) is 13.6. The highest BCUT2D eigenvalue weighted by atomic mass is 16.3. The summed E-state index contributed by atoms with van der Waals surface area (Å²) < 4.78 is 5.32. The van der Waals surface area contributed by atoms with Crippen LogP contribution >= 0.6 is 0 Å². The first-order valence-corrected chi connectivity index (χ1v) is 6.22. The molecular weight excluding hydrogens is 248 g/mol. The minimum absolute atomic E-state index is 0.0646. The Morgan fingerprint density at radius 2 is 2.16 bits per heavy atom. The first-order valence-electron chi connectivity index (χ1n) is 6.22. The van der Waals surface area contributed by atoms with Gasteiger partial charge in [0, 0.05) is 6.54 Å². The number of aliphatic hydroxyl groups is 1. The maximum Gasteiger partial charge on any atom is 0.257 e. The monoisotopic (exact) mass is 266 g/mol.